The van der Waals surface area contributed by atoms with Crippen molar-refractivity contribution in [2.75, 3.05) is 13.1 Å². The summed E-state index contributed by atoms with van der Waals surface area (Å²) in [5.74, 6) is -0.0695. The summed E-state index contributed by atoms with van der Waals surface area (Å²) >= 11 is 0. The third-order valence-electron chi connectivity index (χ3n) is 4.55. The van der Waals surface area contributed by atoms with Crippen LogP contribution in [0.4, 0.5) is 0 Å². The minimum Gasteiger partial charge on any atom is -0.348 e. The van der Waals surface area contributed by atoms with Crippen LogP contribution in [0.2, 0.25) is 0 Å². The van der Waals surface area contributed by atoms with E-state index in [0.717, 1.165) is 36.3 Å². The molecule has 0 heterocycles. The number of hydrogen-bond acceptors (Lipinski definition) is 1. The van der Waals surface area contributed by atoms with Crippen molar-refractivity contribution in [1.29, 1.82) is 0 Å². The molecule has 0 atom stereocenters. The fourth-order valence-corrected chi connectivity index (χ4v) is 2.75. The van der Waals surface area contributed by atoms with Gasteiger partial charge in [0.25, 0.3) is 0 Å². The largest absolute Gasteiger partial charge is 0.348 e. The van der Waals surface area contributed by atoms with Crippen LogP contribution in [0.25, 0.3) is 6.08 Å². The van der Waals surface area contributed by atoms with E-state index in [4.69, 9.17) is 0 Å². The maximum absolute atomic E-state index is 12.0. The van der Waals surface area contributed by atoms with Gasteiger partial charge in [0.15, 0.2) is 0 Å². The highest BCUT2D eigenvalue weighted by molar-refractivity contribution is 5.91. The number of quaternary nitrogens is 1. The van der Waals surface area contributed by atoms with E-state index in [1.165, 1.54) is 5.56 Å². The van der Waals surface area contributed by atoms with Crippen molar-refractivity contribution in [2.45, 2.75) is 33.9 Å². The fourth-order valence-electron chi connectivity index (χ4n) is 2.75. The van der Waals surface area contributed by atoms with Crippen molar-refractivity contribution in [3.8, 4) is 0 Å². The molecule has 0 bridgehead atoms. The van der Waals surface area contributed by atoms with Gasteiger partial charge in [0.2, 0.25) is 5.91 Å². The number of benzene rings is 2. The molecule has 3 nitrogen and oxygen atoms in total. The zero-order valence-electron chi connectivity index (χ0n) is 15.5. The van der Waals surface area contributed by atoms with Crippen LogP contribution in [0.5, 0.6) is 0 Å². The molecule has 0 radical (unpaired) electrons. The lowest BCUT2D eigenvalue weighted by molar-refractivity contribution is -0.910. The summed E-state index contributed by atoms with van der Waals surface area (Å²) < 4.78 is 0. The second kappa shape index (κ2) is 9.80. The average molecular weight is 337 g/mol. The van der Waals surface area contributed by atoms with Crippen LogP contribution in [0.15, 0.2) is 54.6 Å². The average Bonchev–Trinajstić information content (AvgIpc) is 2.64. The first kappa shape index (κ1) is 18.9. The molecule has 0 fully saturated rings. The lowest BCUT2D eigenvalue weighted by Gasteiger charge is -2.15. The molecule has 2 rings (SSSR count). The number of nitrogens with one attached hydrogen (secondary N) is 2. The SMILES string of the molecule is CC[NH+](CC)Cc1ccc(CNC(=O)/C=C/c2ccccc2C)cc1. The molecule has 2 aromatic carbocycles. The molecule has 0 unspecified atom stereocenters. The van der Waals surface area contributed by atoms with Crippen LogP contribution in [0, 0.1) is 6.92 Å². The van der Waals surface area contributed by atoms with Gasteiger partial charge < -0.3 is 10.2 Å². The first-order chi connectivity index (χ1) is 12.1. The lowest BCUT2D eigenvalue weighted by atomic mass is 10.1. The van der Waals surface area contributed by atoms with Crippen molar-refractivity contribution in [3.05, 3.63) is 76.9 Å². The highest BCUT2D eigenvalue weighted by Crippen LogP contribution is 2.08. The van der Waals surface area contributed by atoms with Crippen LogP contribution < -0.4 is 10.2 Å². The quantitative estimate of drug-likeness (QED) is 0.714. The monoisotopic (exact) mass is 337 g/mol. The molecule has 2 aromatic rings. The van der Waals surface area contributed by atoms with Crippen LogP contribution in [-0.2, 0) is 17.9 Å². The summed E-state index contributed by atoms with van der Waals surface area (Å²) in [6.07, 6.45) is 3.46. The maximum Gasteiger partial charge on any atom is 0.244 e. The van der Waals surface area contributed by atoms with Crippen molar-refractivity contribution >= 4 is 12.0 Å². The predicted octanol–water partition coefficient (Wildman–Crippen LogP) is 2.75. The topological polar surface area (TPSA) is 33.5 Å². The summed E-state index contributed by atoms with van der Waals surface area (Å²) in [6.45, 7) is 10.4. The Kier molecular flexibility index (Phi) is 7.42. The summed E-state index contributed by atoms with van der Waals surface area (Å²) in [7, 11) is 0. The van der Waals surface area contributed by atoms with E-state index in [9.17, 15) is 4.79 Å². The molecule has 25 heavy (non-hydrogen) atoms. The van der Waals surface area contributed by atoms with Gasteiger partial charge in [0.05, 0.1) is 13.1 Å². The molecule has 0 aliphatic heterocycles. The molecule has 0 aliphatic rings. The van der Waals surface area contributed by atoms with Gasteiger partial charge >= 0.3 is 0 Å². The van der Waals surface area contributed by atoms with Crippen molar-refractivity contribution in [2.24, 2.45) is 0 Å². The van der Waals surface area contributed by atoms with Crippen LogP contribution >= 0.6 is 0 Å². The van der Waals surface area contributed by atoms with Crippen LogP contribution in [0.1, 0.15) is 36.1 Å². The van der Waals surface area contributed by atoms with Gasteiger partial charge in [-0.1, -0.05) is 48.5 Å². The third kappa shape index (κ3) is 6.20. The predicted molar refractivity (Wildman–Crippen MR) is 104 cm³/mol. The van der Waals surface area contributed by atoms with Crippen molar-refractivity contribution in [3.63, 3.8) is 0 Å². The summed E-state index contributed by atoms with van der Waals surface area (Å²) in [5, 5.41) is 2.94. The molecule has 0 aliphatic carbocycles. The Morgan fingerprint density at radius 1 is 1.00 bits per heavy atom. The van der Waals surface area contributed by atoms with Gasteiger partial charge in [0.1, 0.15) is 6.54 Å². The molecule has 0 spiro atoms. The Hall–Kier alpha value is -2.39. The van der Waals surface area contributed by atoms with E-state index < -0.39 is 0 Å². The number of carbonyl (C=O) groups is 1. The van der Waals surface area contributed by atoms with E-state index in [2.05, 4.69) is 43.4 Å². The van der Waals surface area contributed by atoms with Gasteiger partial charge in [-0.3, -0.25) is 4.79 Å². The molecule has 0 aromatic heterocycles. The smallest absolute Gasteiger partial charge is 0.244 e. The van der Waals surface area contributed by atoms with Gasteiger partial charge in [0, 0.05) is 18.2 Å². The van der Waals surface area contributed by atoms with Crippen LogP contribution in [0.3, 0.4) is 0 Å². The highest BCUT2D eigenvalue weighted by atomic mass is 16.1. The zero-order valence-corrected chi connectivity index (χ0v) is 15.5. The Morgan fingerprint density at radius 3 is 2.28 bits per heavy atom. The Labute approximate surface area is 151 Å². The zero-order chi connectivity index (χ0) is 18.1. The second-order valence-corrected chi connectivity index (χ2v) is 6.36. The standard InChI is InChI=1S/C22H28N2O/c1-4-24(5-2)17-20-12-10-19(11-13-20)16-23-22(25)15-14-21-9-7-6-8-18(21)3/h6-15H,4-5,16-17H2,1-3H3,(H,23,25)/p+1/b15-14+. The van der Waals surface area contributed by atoms with E-state index in [0.29, 0.717) is 6.54 Å². The molecular weight excluding hydrogens is 308 g/mol. The van der Waals surface area contributed by atoms with Gasteiger partial charge in [-0.25, -0.2) is 0 Å². The highest BCUT2D eigenvalue weighted by Gasteiger charge is 2.04. The van der Waals surface area contributed by atoms with E-state index in [1.54, 1.807) is 11.0 Å². The first-order valence-corrected chi connectivity index (χ1v) is 9.05. The number of hydrogen-bond donors (Lipinski definition) is 2. The molecular formula is C22H29N2O+. The summed E-state index contributed by atoms with van der Waals surface area (Å²) in [6, 6.07) is 16.6. The van der Waals surface area contributed by atoms with Gasteiger partial charge in [-0.15, -0.1) is 0 Å². The molecule has 2 N–H and O–H groups in total. The Balaban J connectivity index is 1.84. The second-order valence-electron chi connectivity index (χ2n) is 6.36. The Bertz CT molecular complexity index is 700. The number of amides is 1. The maximum atomic E-state index is 12.0. The molecule has 0 saturated heterocycles. The molecule has 3 heteroatoms. The van der Waals surface area contributed by atoms with Crippen LogP contribution in [-0.4, -0.2) is 19.0 Å². The number of aryl methyl sites for hydroxylation is 1. The molecule has 132 valence electrons. The molecule has 0 saturated carbocycles. The van der Waals surface area contributed by atoms with E-state index in [1.807, 2.05) is 37.3 Å². The number of carbonyl (C=O) groups excluding carboxylic acids is 1. The van der Waals surface area contributed by atoms with Crippen molar-refractivity contribution < 1.29 is 9.69 Å². The number of rotatable bonds is 8. The normalized spacial score (nSPS) is 11.2. The third-order valence-corrected chi connectivity index (χ3v) is 4.55. The van der Waals surface area contributed by atoms with E-state index in [-0.39, 0.29) is 5.91 Å². The lowest BCUT2D eigenvalue weighted by Crippen LogP contribution is -3.10. The first-order valence-electron chi connectivity index (χ1n) is 9.05. The summed E-state index contributed by atoms with van der Waals surface area (Å²) in [5.41, 5.74) is 4.70. The van der Waals surface area contributed by atoms with Crippen molar-refractivity contribution in [1.82, 2.24) is 5.32 Å². The molecule has 1 amide bonds. The summed E-state index contributed by atoms with van der Waals surface area (Å²) in [4.78, 5) is 13.6. The minimum atomic E-state index is -0.0695. The van der Waals surface area contributed by atoms with Gasteiger partial charge in [-0.2, -0.15) is 0 Å². The fraction of sp³-hybridized carbons (Fsp3) is 0.318. The van der Waals surface area contributed by atoms with E-state index >= 15 is 0 Å². The Morgan fingerprint density at radius 2 is 1.64 bits per heavy atom. The minimum absolute atomic E-state index is 0.0695. The van der Waals surface area contributed by atoms with Gasteiger partial charge in [-0.05, 0) is 43.5 Å².